The summed E-state index contributed by atoms with van der Waals surface area (Å²) in [7, 11) is 0. The van der Waals surface area contributed by atoms with Crippen molar-refractivity contribution in [2.24, 2.45) is 0 Å². The van der Waals surface area contributed by atoms with Crippen LogP contribution in [0, 0.1) is 12.7 Å². The molecule has 0 bridgehead atoms. The fourth-order valence-electron chi connectivity index (χ4n) is 2.13. The number of carbonyl (C=O) groups excluding carboxylic acids is 1. The highest BCUT2D eigenvalue weighted by atomic mass is 19.1. The Kier molecular flexibility index (Phi) is 5.57. The number of halogens is 1. The van der Waals surface area contributed by atoms with E-state index >= 15 is 0 Å². The summed E-state index contributed by atoms with van der Waals surface area (Å²) < 4.78 is 19.0. The Morgan fingerprint density at radius 1 is 1.26 bits per heavy atom. The minimum atomic E-state index is -0.507. The van der Waals surface area contributed by atoms with E-state index in [-0.39, 0.29) is 11.7 Å². The maximum absolute atomic E-state index is 13.8. The first-order valence-corrected chi connectivity index (χ1v) is 7.56. The normalized spacial score (nSPS) is 11.7. The van der Waals surface area contributed by atoms with Crippen LogP contribution in [0.25, 0.3) is 0 Å². The van der Waals surface area contributed by atoms with E-state index in [0.717, 1.165) is 11.3 Å². The van der Waals surface area contributed by atoms with Gasteiger partial charge in [-0.2, -0.15) is 0 Å². The second-order valence-electron chi connectivity index (χ2n) is 5.25. The van der Waals surface area contributed by atoms with Crippen LogP contribution in [0.1, 0.15) is 19.4 Å². The maximum atomic E-state index is 13.8. The smallest absolute Gasteiger partial charge is 0.246 e. The minimum absolute atomic E-state index is 0.186. The molecule has 1 amide bonds. The predicted octanol–water partition coefficient (Wildman–Crippen LogP) is 3.97. The summed E-state index contributed by atoms with van der Waals surface area (Å²) in [5.74, 6) is -0.438. The summed E-state index contributed by atoms with van der Waals surface area (Å²) in [6.45, 7) is 5.85. The monoisotopic (exact) mass is 316 g/mol. The van der Waals surface area contributed by atoms with E-state index in [1.807, 2.05) is 31.2 Å². The Labute approximate surface area is 135 Å². The van der Waals surface area contributed by atoms with Gasteiger partial charge in [-0.3, -0.25) is 4.79 Å². The van der Waals surface area contributed by atoms with Crippen LogP contribution < -0.4 is 15.4 Å². The lowest BCUT2D eigenvalue weighted by atomic mass is 10.2. The van der Waals surface area contributed by atoms with Crippen molar-refractivity contribution in [3.63, 3.8) is 0 Å². The first-order valence-electron chi connectivity index (χ1n) is 7.56. The summed E-state index contributed by atoms with van der Waals surface area (Å²) in [5.41, 5.74) is 2.28. The number of nitrogens with one attached hydrogen (secondary N) is 2. The van der Waals surface area contributed by atoms with Crippen molar-refractivity contribution in [2.75, 3.05) is 17.2 Å². The van der Waals surface area contributed by atoms with Gasteiger partial charge in [-0.15, -0.1) is 0 Å². The van der Waals surface area contributed by atoms with Gasteiger partial charge in [0.1, 0.15) is 6.04 Å². The molecule has 2 N–H and O–H groups in total. The first kappa shape index (κ1) is 16.8. The standard InChI is InChI=1S/C18H21FN2O2/c1-4-23-17-10-9-14(11-15(17)19)20-13(3)18(22)21-16-8-6-5-7-12(16)2/h5-11,13,20H,4H2,1-3H3,(H,21,22)/t13-/m0/s1. The van der Waals surface area contributed by atoms with Crippen LogP contribution >= 0.6 is 0 Å². The van der Waals surface area contributed by atoms with Crippen LogP contribution in [0.2, 0.25) is 0 Å². The fourth-order valence-corrected chi connectivity index (χ4v) is 2.13. The number of para-hydroxylation sites is 1. The van der Waals surface area contributed by atoms with E-state index in [4.69, 9.17) is 4.74 Å². The average molecular weight is 316 g/mol. The van der Waals surface area contributed by atoms with Gasteiger partial charge in [0.15, 0.2) is 11.6 Å². The summed E-state index contributed by atoms with van der Waals surface area (Å²) in [6.07, 6.45) is 0. The highest BCUT2D eigenvalue weighted by Gasteiger charge is 2.14. The zero-order chi connectivity index (χ0) is 16.8. The Morgan fingerprint density at radius 2 is 2.00 bits per heavy atom. The molecule has 2 aromatic carbocycles. The Bertz CT molecular complexity index is 688. The molecule has 4 nitrogen and oxygen atoms in total. The molecular formula is C18H21FN2O2. The van der Waals surface area contributed by atoms with Gasteiger partial charge in [0.25, 0.3) is 0 Å². The third-order valence-electron chi connectivity index (χ3n) is 3.41. The fraction of sp³-hybridized carbons (Fsp3) is 0.278. The topological polar surface area (TPSA) is 50.4 Å². The molecular weight excluding hydrogens is 295 g/mol. The predicted molar refractivity (Wildman–Crippen MR) is 90.5 cm³/mol. The van der Waals surface area contributed by atoms with Crippen LogP contribution in [0.15, 0.2) is 42.5 Å². The molecule has 122 valence electrons. The third-order valence-corrected chi connectivity index (χ3v) is 3.41. The molecule has 1 atom stereocenters. The first-order chi connectivity index (χ1) is 11.0. The molecule has 0 radical (unpaired) electrons. The number of anilines is 2. The van der Waals surface area contributed by atoms with E-state index in [1.165, 1.54) is 6.07 Å². The molecule has 23 heavy (non-hydrogen) atoms. The molecule has 0 aromatic heterocycles. The quantitative estimate of drug-likeness (QED) is 0.848. The third kappa shape index (κ3) is 4.45. The number of aryl methyl sites for hydroxylation is 1. The molecule has 2 rings (SSSR count). The average Bonchev–Trinajstić information content (AvgIpc) is 2.52. The highest BCUT2D eigenvalue weighted by Crippen LogP contribution is 2.22. The van der Waals surface area contributed by atoms with E-state index in [2.05, 4.69) is 10.6 Å². The minimum Gasteiger partial charge on any atom is -0.491 e. The molecule has 0 heterocycles. The van der Waals surface area contributed by atoms with Gasteiger partial charge in [0, 0.05) is 17.4 Å². The molecule has 0 saturated heterocycles. The van der Waals surface area contributed by atoms with Gasteiger partial charge in [0.2, 0.25) is 5.91 Å². The molecule has 2 aromatic rings. The van der Waals surface area contributed by atoms with Gasteiger partial charge in [-0.25, -0.2) is 4.39 Å². The second kappa shape index (κ2) is 7.63. The van der Waals surface area contributed by atoms with E-state index in [1.54, 1.807) is 26.0 Å². The van der Waals surface area contributed by atoms with Crippen molar-refractivity contribution >= 4 is 17.3 Å². The maximum Gasteiger partial charge on any atom is 0.246 e. The number of rotatable bonds is 6. The van der Waals surface area contributed by atoms with Crippen molar-refractivity contribution < 1.29 is 13.9 Å². The molecule has 0 aliphatic heterocycles. The van der Waals surface area contributed by atoms with Crippen LogP contribution in [-0.2, 0) is 4.79 Å². The number of ether oxygens (including phenoxy) is 1. The lowest BCUT2D eigenvalue weighted by Gasteiger charge is -2.17. The Balaban J connectivity index is 2.01. The zero-order valence-electron chi connectivity index (χ0n) is 13.5. The second-order valence-corrected chi connectivity index (χ2v) is 5.25. The molecule has 0 fully saturated rings. The number of hydrogen-bond donors (Lipinski definition) is 2. The Morgan fingerprint density at radius 3 is 2.65 bits per heavy atom. The van der Waals surface area contributed by atoms with Crippen molar-refractivity contribution in [1.82, 2.24) is 0 Å². The van der Waals surface area contributed by atoms with Gasteiger partial charge in [0.05, 0.1) is 6.61 Å². The van der Waals surface area contributed by atoms with Gasteiger partial charge < -0.3 is 15.4 Å². The lowest BCUT2D eigenvalue weighted by Crippen LogP contribution is -2.32. The molecule has 0 saturated carbocycles. The zero-order valence-corrected chi connectivity index (χ0v) is 13.5. The van der Waals surface area contributed by atoms with Gasteiger partial charge in [-0.1, -0.05) is 18.2 Å². The Hall–Kier alpha value is -2.56. The number of hydrogen-bond acceptors (Lipinski definition) is 3. The lowest BCUT2D eigenvalue weighted by molar-refractivity contribution is -0.116. The van der Waals surface area contributed by atoms with Crippen molar-refractivity contribution in [3.05, 3.63) is 53.8 Å². The van der Waals surface area contributed by atoms with E-state index in [0.29, 0.717) is 12.3 Å². The molecule has 0 spiro atoms. The van der Waals surface area contributed by atoms with E-state index < -0.39 is 11.9 Å². The van der Waals surface area contributed by atoms with Crippen LogP contribution in [-0.4, -0.2) is 18.6 Å². The summed E-state index contributed by atoms with van der Waals surface area (Å²) in [6, 6.07) is 11.6. The van der Waals surface area contributed by atoms with Gasteiger partial charge in [-0.05, 0) is 44.5 Å². The SMILES string of the molecule is CCOc1ccc(N[C@@H](C)C(=O)Nc2ccccc2C)cc1F. The number of amides is 1. The summed E-state index contributed by atoms with van der Waals surface area (Å²) >= 11 is 0. The van der Waals surface area contributed by atoms with E-state index in [9.17, 15) is 9.18 Å². The van der Waals surface area contributed by atoms with Crippen molar-refractivity contribution in [3.8, 4) is 5.75 Å². The highest BCUT2D eigenvalue weighted by molar-refractivity contribution is 5.96. The molecule has 0 unspecified atom stereocenters. The van der Waals surface area contributed by atoms with Crippen molar-refractivity contribution in [1.29, 1.82) is 0 Å². The summed E-state index contributed by atoms with van der Waals surface area (Å²) in [5, 5.41) is 5.84. The van der Waals surface area contributed by atoms with Crippen LogP contribution in [0.5, 0.6) is 5.75 Å². The van der Waals surface area contributed by atoms with Crippen LogP contribution in [0.4, 0.5) is 15.8 Å². The largest absolute Gasteiger partial charge is 0.491 e. The van der Waals surface area contributed by atoms with Crippen LogP contribution in [0.3, 0.4) is 0 Å². The molecule has 5 heteroatoms. The molecule has 0 aliphatic carbocycles. The van der Waals surface area contributed by atoms with Crippen molar-refractivity contribution in [2.45, 2.75) is 26.8 Å². The molecule has 0 aliphatic rings. The van der Waals surface area contributed by atoms with Gasteiger partial charge >= 0.3 is 0 Å². The number of carbonyl (C=O) groups is 1. The number of benzene rings is 2. The summed E-state index contributed by atoms with van der Waals surface area (Å²) in [4.78, 5) is 12.2.